The Kier molecular flexibility index (Phi) is 8.63. The van der Waals surface area contributed by atoms with Crippen LogP contribution in [-0.4, -0.2) is 76.9 Å². The van der Waals surface area contributed by atoms with E-state index >= 15 is 0 Å². The summed E-state index contributed by atoms with van der Waals surface area (Å²) in [7, 11) is 2.13. The third-order valence-corrected chi connectivity index (χ3v) is 5.43. The standard InChI is InChI=1S/C25H31N7O/c1-5-9-20(10-8-11-32-14-12-31(4)13-15-32)25(33)28-24-22-16-21(18-27-23(22)29-30-24)19(6-2)17-26-7-3/h5-10,16-18H,1,3,11-15H2,2,4H3,(H2,27,28,29,30,33)/b10-8-,19-6+,20-9+,26-17?. The number of hydrogen-bond acceptors (Lipinski definition) is 6. The van der Waals surface area contributed by atoms with Gasteiger partial charge in [0.15, 0.2) is 5.65 Å². The Morgan fingerprint density at radius 2 is 2.09 bits per heavy atom. The first-order chi connectivity index (χ1) is 16.0. The van der Waals surface area contributed by atoms with E-state index in [0.717, 1.165) is 43.9 Å². The molecule has 0 spiro atoms. The van der Waals surface area contributed by atoms with E-state index in [0.29, 0.717) is 22.4 Å². The monoisotopic (exact) mass is 445 g/mol. The highest BCUT2D eigenvalue weighted by molar-refractivity contribution is 6.12. The second-order valence-electron chi connectivity index (χ2n) is 7.72. The van der Waals surface area contributed by atoms with Gasteiger partial charge in [-0.3, -0.25) is 19.8 Å². The number of likely N-dealkylation sites (N-methyl/N-ethyl adjacent to an activating group) is 1. The van der Waals surface area contributed by atoms with E-state index < -0.39 is 0 Å². The summed E-state index contributed by atoms with van der Waals surface area (Å²) in [6, 6.07) is 1.92. The molecule has 0 bridgehead atoms. The number of H-pyrrole nitrogens is 1. The Labute approximate surface area is 194 Å². The van der Waals surface area contributed by atoms with Gasteiger partial charge < -0.3 is 10.2 Å². The molecule has 0 unspecified atom stereocenters. The van der Waals surface area contributed by atoms with Crippen LogP contribution in [0.4, 0.5) is 5.82 Å². The summed E-state index contributed by atoms with van der Waals surface area (Å²) in [5.41, 5.74) is 2.78. The van der Waals surface area contributed by atoms with Gasteiger partial charge in [0.2, 0.25) is 0 Å². The van der Waals surface area contributed by atoms with Crippen LogP contribution in [0.15, 0.2) is 72.6 Å². The summed E-state index contributed by atoms with van der Waals surface area (Å²) in [4.78, 5) is 26.1. The zero-order valence-corrected chi connectivity index (χ0v) is 19.3. The highest BCUT2D eigenvalue weighted by Gasteiger charge is 2.14. The van der Waals surface area contributed by atoms with E-state index in [2.05, 4.69) is 55.5 Å². The third kappa shape index (κ3) is 6.44. The molecule has 172 valence electrons. The lowest BCUT2D eigenvalue weighted by atomic mass is 10.1. The molecule has 2 aromatic heterocycles. The molecule has 0 atom stereocenters. The Morgan fingerprint density at radius 3 is 2.79 bits per heavy atom. The maximum atomic E-state index is 13.0. The largest absolute Gasteiger partial charge is 0.306 e. The van der Waals surface area contributed by atoms with Crippen molar-refractivity contribution in [3.05, 3.63) is 73.1 Å². The van der Waals surface area contributed by atoms with Gasteiger partial charge in [-0.25, -0.2) is 4.98 Å². The first kappa shape index (κ1) is 24.0. The van der Waals surface area contributed by atoms with Crippen molar-refractivity contribution in [3.63, 3.8) is 0 Å². The van der Waals surface area contributed by atoms with Crippen LogP contribution < -0.4 is 5.32 Å². The van der Waals surface area contributed by atoms with Crippen LogP contribution in [-0.2, 0) is 4.79 Å². The molecule has 3 heterocycles. The number of aromatic nitrogens is 3. The lowest BCUT2D eigenvalue weighted by molar-refractivity contribution is -0.112. The Hall–Kier alpha value is -3.62. The van der Waals surface area contributed by atoms with Crippen LogP contribution in [0.1, 0.15) is 12.5 Å². The highest BCUT2D eigenvalue weighted by atomic mass is 16.1. The number of nitrogens with zero attached hydrogens (tertiary/aromatic N) is 5. The number of hydrogen-bond donors (Lipinski definition) is 2. The maximum absolute atomic E-state index is 13.0. The lowest BCUT2D eigenvalue weighted by Crippen LogP contribution is -2.44. The molecule has 3 rings (SSSR count). The number of fused-ring (bicyclic) bond motifs is 1. The Balaban J connectivity index is 1.74. The van der Waals surface area contributed by atoms with Crippen molar-refractivity contribution in [3.8, 4) is 0 Å². The summed E-state index contributed by atoms with van der Waals surface area (Å²) in [6.45, 7) is 14.2. The second kappa shape index (κ2) is 11.8. The average Bonchev–Trinajstić information content (AvgIpc) is 3.22. The van der Waals surface area contributed by atoms with Crippen LogP contribution in [0.25, 0.3) is 16.6 Å². The molecule has 1 amide bonds. The quantitative estimate of drug-likeness (QED) is 0.351. The number of nitrogens with one attached hydrogen (secondary N) is 2. The van der Waals surface area contributed by atoms with Crippen molar-refractivity contribution in [2.45, 2.75) is 6.92 Å². The zero-order valence-electron chi connectivity index (χ0n) is 19.3. The molecule has 1 aliphatic rings. The Bertz CT molecular complexity index is 1110. The fraction of sp³-hybridized carbons (Fsp3) is 0.280. The van der Waals surface area contributed by atoms with E-state index in [1.807, 2.05) is 31.2 Å². The minimum absolute atomic E-state index is 0.250. The van der Waals surface area contributed by atoms with Gasteiger partial charge in [0.1, 0.15) is 5.82 Å². The summed E-state index contributed by atoms with van der Waals surface area (Å²) >= 11 is 0. The van der Waals surface area contributed by atoms with E-state index in [1.165, 1.54) is 6.20 Å². The first-order valence-corrected chi connectivity index (χ1v) is 10.9. The Morgan fingerprint density at radius 1 is 1.30 bits per heavy atom. The topological polar surface area (TPSA) is 89.5 Å². The molecule has 0 radical (unpaired) electrons. The van der Waals surface area contributed by atoms with Gasteiger partial charge in [0.05, 0.1) is 5.39 Å². The second-order valence-corrected chi connectivity index (χ2v) is 7.72. The van der Waals surface area contributed by atoms with Crippen LogP contribution in [0.5, 0.6) is 0 Å². The number of rotatable bonds is 9. The lowest BCUT2D eigenvalue weighted by Gasteiger charge is -2.31. The summed E-state index contributed by atoms with van der Waals surface area (Å²) < 4.78 is 0. The third-order valence-electron chi connectivity index (χ3n) is 5.43. The van der Waals surface area contributed by atoms with Gasteiger partial charge in [-0.2, -0.15) is 5.10 Å². The number of piperazine rings is 1. The van der Waals surface area contributed by atoms with E-state index in [-0.39, 0.29) is 5.91 Å². The summed E-state index contributed by atoms with van der Waals surface area (Å²) in [5.74, 6) is 0.239. The fourth-order valence-corrected chi connectivity index (χ4v) is 3.48. The van der Waals surface area contributed by atoms with Gasteiger partial charge in [-0.15, -0.1) is 0 Å². The van der Waals surface area contributed by atoms with Gasteiger partial charge >= 0.3 is 0 Å². The number of aliphatic imine (C=N–C) groups is 1. The highest BCUT2D eigenvalue weighted by Crippen LogP contribution is 2.23. The van der Waals surface area contributed by atoms with Crippen molar-refractivity contribution in [1.29, 1.82) is 0 Å². The fourth-order valence-electron chi connectivity index (χ4n) is 3.48. The maximum Gasteiger partial charge on any atom is 0.256 e. The van der Waals surface area contributed by atoms with Crippen LogP contribution >= 0.6 is 0 Å². The number of anilines is 1. The van der Waals surface area contributed by atoms with E-state index in [1.54, 1.807) is 24.6 Å². The number of carbonyl (C=O) groups is 1. The molecule has 0 saturated carbocycles. The smallest absolute Gasteiger partial charge is 0.256 e. The van der Waals surface area contributed by atoms with Gasteiger partial charge in [0, 0.05) is 62.5 Å². The van der Waals surface area contributed by atoms with Crippen LogP contribution in [0.3, 0.4) is 0 Å². The van der Waals surface area contributed by atoms with Crippen molar-refractivity contribution < 1.29 is 4.79 Å². The van der Waals surface area contributed by atoms with Gasteiger partial charge in [-0.1, -0.05) is 43.5 Å². The molecule has 0 aliphatic carbocycles. The number of aromatic amines is 1. The first-order valence-electron chi connectivity index (χ1n) is 10.9. The summed E-state index contributed by atoms with van der Waals surface area (Å²) in [5, 5.41) is 10.7. The average molecular weight is 446 g/mol. The molecule has 0 aromatic carbocycles. The van der Waals surface area contributed by atoms with Gasteiger partial charge in [-0.05, 0) is 25.6 Å². The molecule has 8 heteroatoms. The SMILES string of the molecule is C=C/C=C(\C=C/CN1CCN(C)CC1)C(=O)Nc1[nH]nc2ncc(/C(C=NC=C)=C/C)cc12. The molecule has 8 nitrogen and oxygen atoms in total. The number of pyridine rings is 1. The molecule has 1 saturated heterocycles. The van der Waals surface area contributed by atoms with Crippen molar-refractivity contribution in [2.24, 2.45) is 4.99 Å². The van der Waals surface area contributed by atoms with Crippen molar-refractivity contribution >= 4 is 34.5 Å². The van der Waals surface area contributed by atoms with E-state index in [9.17, 15) is 4.79 Å². The van der Waals surface area contributed by atoms with Crippen LogP contribution in [0.2, 0.25) is 0 Å². The molecule has 1 fully saturated rings. The molecule has 33 heavy (non-hydrogen) atoms. The normalized spacial score (nSPS) is 16.7. The van der Waals surface area contributed by atoms with E-state index in [4.69, 9.17) is 0 Å². The molecule has 2 N–H and O–H groups in total. The van der Waals surface area contributed by atoms with Crippen molar-refractivity contribution in [2.75, 3.05) is 45.1 Å². The predicted molar refractivity (Wildman–Crippen MR) is 136 cm³/mol. The molecular formula is C25H31N7O. The molecule has 1 aliphatic heterocycles. The zero-order chi connectivity index (χ0) is 23.6. The number of carbonyl (C=O) groups excluding carboxylic acids is 1. The molecular weight excluding hydrogens is 414 g/mol. The van der Waals surface area contributed by atoms with Crippen molar-refractivity contribution in [1.82, 2.24) is 25.0 Å². The van der Waals surface area contributed by atoms with Crippen LogP contribution in [0, 0.1) is 0 Å². The molecule has 2 aromatic rings. The number of allylic oxidation sites excluding steroid dienone is 4. The minimum atomic E-state index is -0.250. The predicted octanol–water partition coefficient (Wildman–Crippen LogP) is 3.43. The summed E-state index contributed by atoms with van der Waals surface area (Å²) in [6.07, 6.45) is 14.0. The minimum Gasteiger partial charge on any atom is -0.306 e. The van der Waals surface area contributed by atoms with Gasteiger partial charge in [0.25, 0.3) is 5.91 Å². The number of amides is 1.